The molecule has 1 aliphatic rings. The second-order valence-corrected chi connectivity index (χ2v) is 4.73. The van der Waals surface area contributed by atoms with Crippen molar-refractivity contribution < 1.29 is 14.6 Å². The van der Waals surface area contributed by atoms with Crippen LogP contribution in [-0.4, -0.2) is 34.3 Å². The molecule has 0 saturated carbocycles. The molecule has 5 nitrogen and oxygen atoms in total. The van der Waals surface area contributed by atoms with Gasteiger partial charge in [0.25, 0.3) is 0 Å². The van der Waals surface area contributed by atoms with Crippen LogP contribution in [0.3, 0.4) is 0 Å². The minimum absolute atomic E-state index is 0.181. The molecule has 0 aromatic carbocycles. The molecule has 1 aromatic rings. The Kier molecular flexibility index (Phi) is 4.38. The van der Waals surface area contributed by atoms with E-state index in [4.69, 9.17) is 14.6 Å². The summed E-state index contributed by atoms with van der Waals surface area (Å²) < 4.78 is 5.21. The highest BCUT2D eigenvalue weighted by molar-refractivity contribution is 5.15. The zero-order valence-electron chi connectivity index (χ0n) is 10.3. The highest BCUT2D eigenvalue weighted by Crippen LogP contribution is 2.21. The highest BCUT2D eigenvalue weighted by atomic mass is 16.4. The zero-order chi connectivity index (χ0) is 13.0. The minimum Gasteiger partial charge on any atom is -0.502 e. The third kappa shape index (κ3) is 3.11. The van der Waals surface area contributed by atoms with E-state index in [1.165, 1.54) is 12.5 Å². The Bertz CT molecular complexity index is 441. The summed E-state index contributed by atoms with van der Waals surface area (Å²) in [5.41, 5.74) is -0.410. The maximum absolute atomic E-state index is 11.3. The predicted octanol–water partition coefficient (Wildman–Crippen LogP) is 1.08. The second-order valence-electron chi connectivity index (χ2n) is 4.73. The van der Waals surface area contributed by atoms with Gasteiger partial charge < -0.3 is 14.6 Å². The van der Waals surface area contributed by atoms with Gasteiger partial charge in [-0.25, -0.2) is 0 Å². The molecule has 0 spiro atoms. The summed E-state index contributed by atoms with van der Waals surface area (Å²) >= 11 is 0. The Morgan fingerprint density at radius 3 is 3.00 bits per heavy atom. The number of likely N-dealkylation sites (tertiary alicyclic amines) is 1. The van der Waals surface area contributed by atoms with Gasteiger partial charge in [0, 0.05) is 18.7 Å². The molecule has 0 bridgehead atoms. The van der Waals surface area contributed by atoms with E-state index in [-0.39, 0.29) is 12.4 Å². The number of aliphatic hydroxyl groups is 1. The van der Waals surface area contributed by atoms with Gasteiger partial charge >= 0.3 is 0 Å². The number of hydrogen-bond donors (Lipinski definition) is 2. The molecular weight excluding hydrogens is 234 g/mol. The van der Waals surface area contributed by atoms with Crippen molar-refractivity contribution in [3.8, 4) is 5.75 Å². The van der Waals surface area contributed by atoms with Gasteiger partial charge in [0.1, 0.15) is 12.0 Å². The lowest BCUT2D eigenvalue weighted by Crippen LogP contribution is -2.39. The third-order valence-corrected chi connectivity index (χ3v) is 3.44. The van der Waals surface area contributed by atoms with Crippen LogP contribution in [0.5, 0.6) is 5.75 Å². The molecule has 18 heavy (non-hydrogen) atoms. The molecule has 1 atom stereocenters. The average molecular weight is 253 g/mol. The van der Waals surface area contributed by atoms with Gasteiger partial charge in [0.2, 0.25) is 5.43 Å². The summed E-state index contributed by atoms with van der Waals surface area (Å²) in [6.07, 6.45) is 5.22. The van der Waals surface area contributed by atoms with Crippen LogP contribution in [0.1, 0.15) is 31.4 Å². The maximum Gasteiger partial charge on any atom is 0.226 e. The standard InChI is InChI=1S/C13H19NO4/c15-6-4-10-3-1-2-5-14(10)8-11-7-12(16)13(17)9-18-11/h7,9-10,15,17H,1-6,8H2. The first-order valence-corrected chi connectivity index (χ1v) is 6.36. The van der Waals surface area contributed by atoms with Crippen molar-refractivity contribution in [3.05, 3.63) is 28.3 Å². The summed E-state index contributed by atoms with van der Waals surface area (Å²) in [6.45, 7) is 1.69. The Morgan fingerprint density at radius 1 is 1.44 bits per heavy atom. The Hall–Kier alpha value is -1.33. The highest BCUT2D eigenvalue weighted by Gasteiger charge is 2.22. The topological polar surface area (TPSA) is 73.9 Å². The first-order chi connectivity index (χ1) is 8.70. The fraction of sp³-hybridized carbons (Fsp3) is 0.615. The molecule has 2 heterocycles. The summed E-state index contributed by atoms with van der Waals surface area (Å²) in [5.74, 6) is 0.201. The molecular formula is C13H19NO4. The smallest absolute Gasteiger partial charge is 0.226 e. The van der Waals surface area contributed by atoms with Crippen LogP contribution < -0.4 is 5.43 Å². The van der Waals surface area contributed by atoms with Crippen molar-refractivity contribution in [1.29, 1.82) is 0 Å². The Balaban J connectivity index is 2.06. The number of hydrogen-bond acceptors (Lipinski definition) is 5. The Labute approximate surface area is 106 Å². The molecule has 1 aliphatic heterocycles. The van der Waals surface area contributed by atoms with E-state index in [1.807, 2.05) is 0 Å². The molecule has 0 radical (unpaired) electrons. The van der Waals surface area contributed by atoms with Gasteiger partial charge in [0.15, 0.2) is 5.75 Å². The number of aliphatic hydroxyl groups excluding tert-OH is 1. The molecule has 1 aromatic heterocycles. The monoisotopic (exact) mass is 253 g/mol. The lowest BCUT2D eigenvalue weighted by atomic mass is 9.99. The van der Waals surface area contributed by atoms with E-state index in [2.05, 4.69) is 4.90 Å². The van der Waals surface area contributed by atoms with Gasteiger partial charge in [-0.3, -0.25) is 9.69 Å². The van der Waals surface area contributed by atoms with Crippen LogP contribution in [0.4, 0.5) is 0 Å². The number of aromatic hydroxyl groups is 1. The zero-order valence-corrected chi connectivity index (χ0v) is 10.3. The van der Waals surface area contributed by atoms with Crippen LogP contribution in [-0.2, 0) is 6.54 Å². The predicted molar refractivity (Wildman–Crippen MR) is 66.4 cm³/mol. The van der Waals surface area contributed by atoms with Gasteiger partial charge in [-0.15, -0.1) is 0 Å². The van der Waals surface area contributed by atoms with Crippen LogP contribution in [0.15, 0.2) is 21.5 Å². The molecule has 100 valence electrons. The van der Waals surface area contributed by atoms with Gasteiger partial charge in [-0.05, 0) is 25.8 Å². The molecule has 0 aliphatic carbocycles. The summed E-state index contributed by atoms with van der Waals surface area (Å²) in [4.78, 5) is 13.6. The molecule has 1 saturated heterocycles. The second kappa shape index (κ2) is 6.02. The van der Waals surface area contributed by atoms with E-state index in [1.54, 1.807) is 0 Å². The van der Waals surface area contributed by atoms with Gasteiger partial charge in [0.05, 0.1) is 6.54 Å². The van der Waals surface area contributed by atoms with E-state index in [0.717, 1.165) is 32.1 Å². The summed E-state index contributed by atoms with van der Waals surface area (Å²) in [7, 11) is 0. The molecule has 0 amide bonds. The molecule has 5 heteroatoms. The van der Waals surface area contributed by atoms with Crippen molar-refractivity contribution in [1.82, 2.24) is 4.90 Å². The van der Waals surface area contributed by atoms with E-state index < -0.39 is 5.43 Å². The van der Waals surface area contributed by atoms with Gasteiger partial charge in [-0.2, -0.15) is 0 Å². The van der Waals surface area contributed by atoms with E-state index in [0.29, 0.717) is 18.3 Å². The minimum atomic E-state index is -0.410. The molecule has 2 N–H and O–H groups in total. The molecule has 1 fully saturated rings. The van der Waals surface area contributed by atoms with Crippen molar-refractivity contribution in [2.45, 2.75) is 38.3 Å². The van der Waals surface area contributed by atoms with Crippen LogP contribution >= 0.6 is 0 Å². The van der Waals surface area contributed by atoms with E-state index >= 15 is 0 Å². The average Bonchev–Trinajstić information content (AvgIpc) is 2.37. The Morgan fingerprint density at radius 2 is 2.28 bits per heavy atom. The SMILES string of the molecule is O=c1cc(CN2CCCCC2CCO)occ1O. The van der Waals surface area contributed by atoms with Crippen molar-refractivity contribution >= 4 is 0 Å². The fourth-order valence-corrected chi connectivity index (χ4v) is 2.47. The largest absolute Gasteiger partial charge is 0.502 e. The van der Waals surface area contributed by atoms with Gasteiger partial charge in [-0.1, -0.05) is 6.42 Å². The summed E-state index contributed by atoms with van der Waals surface area (Å²) in [5, 5.41) is 18.2. The summed E-state index contributed by atoms with van der Waals surface area (Å²) in [6, 6.07) is 1.68. The number of piperidine rings is 1. The first kappa shape index (κ1) is 13.1. The van der Waals surface area contributed by atoms with Crippen LogP contribution in [0.25, 0.3) is 0 Å². The van der Waals surface area contributed by atoms with Crippen molar-refractivity contribution in [2.24, 2.45) is 0 Å². The van der Waals surface area contributed by atoms with Crippen LogP contribution in [0.2, 0.25) is 0 Å². The van der Waals surface area contributed by atoms with E-state index in [9.17, 15) is 4.79 Å². The van der Waals surface area contributed by atoms with Crippen LogP contribution in [0, 0.1) is 0 Å². The number of nitrogens with zero attached hydrogens (tertiary/aromatic N) is 1. The normalized spacial score (nSPS) is 21.1. The van der Waals surface area contributed by atoms with Crippen molar-refractivity contribution in [2.75, 3.05) is 13.2 Å². The lowest BCUT2D eigenvalue weighted by molar-refractivity contribution is 0.104. The lowest BCUT2D eigenvalue weighted by Gasteiger charge is -2.34. The van der Waals surface area contributed by atoms with Crippen molar-refractivity contribution in [3.63, 3.8) is 0 Å². The third-order valence-electron chi connectivity index (χ3n) is 3.44. The molecule has 1 unspecified atom stereocenters. The maximum atomic E-state index is 11.3. The first-order valence-electron chi connectivity index (χ1n) is 6.36. The number of rotatable bonds is 4. The fourth-order valence-electron chi connectivity index (χ4n) is 2.47. The quantitative estimate of drug-likeness (QED) is 0.840. The molecule has 2 rings (SSSR count).